The predicted molar refractivity (Wildman–Crippen MR) is 100 cm³/mol. The van der Waals surface area contributed by atoms with Crippen molar-refractivity contribution in [3.63, 3.8) is 0 Å². The molecule has 0 aromatic heterocycles. The Balaban J connectivity index is 1.75. The molecule has 24 heavy (non-hydrogen) atoms. The summed E-state index contributed by atoms with van der Waals surface area (Å²) in [6.07, 6.45) is 4.48. The van der Waals surface area contributed by atoms with Crippen molar-refractivity contribution < 1.29 is 9.59 Å². The summed E-state index contributed by atoms with van der Waals surface area (Å²) in [5.74, 6) is 2.78. The molecule has 2 heterocycles. The van der Waals surface area contributed by atoms with Gasteiger partial charge < -0.3 is 9.80 Å². The van der Waals surface area contributed by atoms with Gasteiger partial charge in [0.2, 0.25) is 11.8 Å². The number of nitrogens with zero attached hydrogens (tertiary/aromatic N) is 3. The van der Waals surface area contributed by atoms with Crippen LogP contribution in [0.15, 0.2) is 0 Å². The van der Waals surface area contributed by atoms with Gasteiger partial charge in [0.25, 0.3) is 0 Å². The average Bonchev–Trinajstić information content (AvgIpc) is 2.81. The molecule has 0 aromatic rings. The highest BCUT2D eigenvalue weighted by atomic mass is 32.2. The summed E-state index contributed by atoms with van der Waals surface area (Å²) in [6, 6.07) is 0. The molecule has 0 spiro atoms. The molecule has 0 N–H and O–H groups in total. The number of amides is 2. The summed E-state index contributed by atoms with van der Waals surface area (Å²) in [7, 11) is 0. The normalized spacial score (nSPS) is 23.2. The van der Waals surface area contributed by atoms with Crippen molar-refractivity contribution in [1.29, 1.82) is 0 Å². The molecule has 0 bridgehead atoms. The minimum Gasteiger partial charge on any atom is -0.340 e. The fraction of sp³-hybridized carbons (Fsp3) is 0.889. The maximum absolute atomic E-state index is 12.6. The highest BCUT2D eigenvalue weighted by Gasteiger charge is 2.24. The Morgan fingerprint density at radius 1 is 1.00 bits per heavy atom. The van der Waals surface area contributed by atoms with Crippen LogP contribution in [-0.2, 0) is 9.59 Å². The van der Waals surface area contributed by atoms with E-state index in [0.29, 0.717) is 31.3 Å². The molecular weight excluding hydrogens is 322 g/mol. The molecule has 6 heteroatoms. The lowest BCUT2D eigenvalue weighted by atomic mass is 10.0. The van der Waals surface area contributed by atoms with Gasteiger partial charge in [0.1, 0.15) is 0 Å². The van der Waals surface area contributed by atoms with Gasteiger partial charge in [0.05, 0.1) is 12.3 Å². The molecule has 2 amide bonds. The lowest BCUT2D eigenvalue weighted by molar-refractivity contribution is -0.133. The molecule has 0 radical (unpaired) electrons. The molecule has 138 valence electrons. The maximum Gasteiger partial charge on any atom is 0.236 e. The molecule has 5 nitrogen and oxygen atoms in total. The number of piperidine rings is 1. The maximum atomic E-state index is 12.6. The van der Waals surface area contributed by atoms with Crippen LogP contribution in [0.5, 0.6) is 0 Å². The van der Waals surface area contributed by atoms with Crippen molar-refractivity contribution in [3.05, 3.63) is 0 Å². The fourth-order valence-electron chi connectivity index (χ4n) is 3.53. The minimum atomic E-state index is 0.229. The van der Waals surface area contributed by atoms with Gasteiger partial charge in [0.15, 0.2) is 0 Å². The Bertz CT molecular complexity index is 419. The quantitative estimate of drug-likeness (QED) is 0.683. The zero-order valence-electron chi connectivity index (χ0n) is 15.3. The molecule has 2 aliphatic heterocycles. The lowest BCUT2D eigenvalue weighted by Crippen LogP contribution is -2.45. The Morgan fingerprint density at radius 2 is 1.71 bits per heavy atom. The Kier molecular flexibility index (Phi) is 8.39. The van der Waals surface area contributed by atoms with Crippen LogP contribution < -0.4 is 0 Å². The van der Waals surface area contributed by atoms with Crippen LogP contribution in [0.4, 0.5) is 0 Å². The van der Waals surface area contributed by atoms with Crippen molar-refractivity contribution >= 4 is 23.6 Å². The van der Waals surface area contributed by atoms with E-state index >= 15 is 0 Å². The van der Waals surface area contributed by atoms with E-state index in [0.717, 1.165) is 44.8 Å². The first kappa shape index (κ1) is 19.6. The molecular formula is C18H33N3O2S. The number of carbonyl (C=O) groups excluding carboxylic acids is 2. The van der Waals surface area contributed by atoms with Crippen LogP contribution >= 0.6 is 11.8 Å². The molecule has 2 aliphatic rings. The smallest absolute Gasteiger partial charge is 0.236 e. The molecule has 1 unspecified atom stereocenters. The first-order chi connectivity index (χ1) is 11.6. The second-order valence-electron chi connectivity index (χ2n) is 7.15. The third-order valence-corrected chi connectivity index (χ3v) is 6.02. The molecule has 2 fully saturated rings. The summed E-state index contributed by atoms with van der Waals surface area (Å²) in [5.41, 5.74) is 0. The van der Waals surface area contributed by atoms with Gasteiger partial charge in [-0.2, -0.15) is 11.8 Å². The third kappa shape index (κ3) is 6.28. The summed E-state index contributed by atoms with van der Waals surface area (Å²) < 4.78 is 0. The number of carbonyl (C=O) groups is 2. The van der Waals surface area contributed by atoms with Crippen LogP contribution in [0, 0.1) is 5.92 Å². The summed E-state index contributed by atoms with van der Waals surface area (Å²) in [5, 5.41) is 0. The minimum absolute atomic E-state index is 0.229. The van der Waals surface area contributed by atoms with Crippen LogP contribution in [-0.4, -0.2) is 83.8 Å². The summed E-state index contributed by atoms with van der Waals surface area (Å²) in [6.45, 7) is 9.98. The van der Waals surface area contributed by atoms with Gasteiger partial charge >= 0.3 is 0 Å². The molecule has 0 saturated carbocycles. The van der Waals surface area contributed by atoms with Crippen LogP contribution in [0.2, 0.25) is 0 Å². The summed E-state index contributed by atoms with van der Waals surface area (Å²) in [4.78, 5) is 31.0. The SMILES string of the molecule is CCCSCC(=O)N1CCCN(C(=O)CN2CCCC(C)C2)CC1. The number of likely N-dealkylation sites (tertiary alicyclic amines) is 1. The van der Waals surface area contributed by atoms with Crippen molar-refractivity contribution in [2.24, 2.45) is 5.92 Å². The van der Waals surface area contributed by atoms with E-state index in [1.165, 1.54) is 12.8 Å². The third-order valence-electron chi connectivity index (χ3n) is 4.88. The number of hydrogen-bond donors (Lipinski definition) is 0. The van der Waals surface area contributed by atoms with Gasteiger partial charge in [0, 0.05) is 32.7 Å². The molecule has 2 rings (SSSR count). The van der Waals surface area contributed by atoms with E-state index in [-0.39, 0.29) is 11.8 Å². The first-order valence-corrected chi connectivity index (χ1v) is 10.6. The highest BCUT2D eigenvalue weighted by Crippen LogP contribution is 2.15. The zero-order chi connectivity index (χ0) is 17.4. The standard InChI is InChI=1S/C18H33N3O2S/c1-3-12-24-15-18(23)21-9-5-8-20(10-11-21)17(22)14-19-7-4-6-16(2)13-19/h16H,3-15H2,1-2H3. The molecule has 1 atom stereocenters. The largest absolute Gasteiger partial charge is 0.340 e. The van der Waals surface area contributed by atoms with Crippen LogP contribution in [0.1, 0.15) is 39.5 Å². The Hall–Kier alpha value is -0.750. The van der Waals surface area contributed by atoms with Gasteiger partial charge in [-0.25, -0.2) is 0 Å². The van der Waals surface area contributed by atoms with Crippen molar-refractivity contribution in [1.82, 2.24) is 14.7 Å². The van der Waals surface area contributed by atoms with Crippen molar-refractivity contribution in [2.45, 2.75) is 39.5 Å². The van der Waals surface area contributed by atoms with E-state index < -0.39 is 0 Å². The van der Waals surface area contributed by atoms with Crippen LogP contribution in [0.25, 0.3) is 0 Å². The van der Waals surface area contributed by atoms with E-state index in [2.05, 4.69) is 18.7 Å². The zero-order valence-corrected chi connectivity index (χ0v) is 16.2. The summed E-state index contributed by atoms with van der Waals surface area (Å²) >= 11 is 1.71. The molecule has 0 aliphatic carbocycles. The van der Waals surface area contributed by atoms with Crippen LogP contribution in [0.3, 0.4) is 0 Å². The number of hydrogen-bond acceptors (Lipinski definition) is 4. The monoisotopic (exact) mass is 355 g/mol. The Morgan fingerprint density at radius 3 is 2.38 bits per heavy atom. The molecule has 0 aromatic carbocycles. The first-order valence-electron chi connectivity index (χ1n) is 9.45. The van der Waals surface area contributed by atoms with Gasteiger partial charge in [-0.3, -0.25) is 14.5 Å². The lowest BCUT2D eigenvalue weighted by Gasteiger charge is -2.32. The van der Waals surface area contributed by atoms with Gasteiger partial charge in [-0.05, 0) is 43.9 Å². The van der Waals surface area contributed by atoms with E-state index in [9.17, 15) is 9.59 Å². The van der Waals surface area contributed by atoms with E-state index in [1.807, 2.05) is 9.80 Å². The van der Waals surface area contributed by atoms with Gasteiger partial charge in [-0.15, -0.1) is 0 Å². The topological polar surface area (TPSA) is 43.9 Å². The number of thioether (sulfide) groups is 1. The van der Waals surface area contributed by atoms with E-state index in [4.69, 9.17) is 0 Å². The van der Waals surface area contributed by atoms with Gasteiger partial charge in [-0.1, -0.05) is 13.8 Å². The van der Waals surface area contributed by atoms with E-state index in [1.54, 1.807) is 11.8 Å². The fourth-order valence-corrected chi connectivity index (χ4v) is 4.32. The van der Waals surface area contributed by atoms with Crippen molar-refractivity contribution in [3.8, 4) is 0 Å². The predicted octanol–water partition coefficient (Wildman–Crippen LogP) is 1.92. The van der Waals surface area contributed by atoms with Crippen molar-refractivity contribution in [2.75, 3.05) is 57.3 Å². The Labute approximate surface area is 151 Å². The number of rotatable bonds is 6. The average molecular weight is 356 g/mol. The second-order valence-corrected chi connectivity index (χ2v) is 8.26. The molecule has 2 saturated heterocycles. The second kappa shape index (κ2) is 10.3. The highest BCUT2D eigenvalue weighted by molar-refractivity contribution is 7.99.